The van der Waals surface area contributed by atoms with Crippen LogP contribution in [0.15, 0.2) is 48.5 Å². The minimum atomic E-state index is -5.04. The quantitative estimate of drug-likeness (QED) is 0.0741. The molecule has 2 saturated heterocycles. The molecule has 2 aromatic carbocycles. The van der Waals surface area contributed by atoms with Crippen LogP contribution >= 0.6 is 0 Å². The summed E-state index contributed by atoms with van der Waals surface area (Å²) in [4.78, 5) is 61.2. The maximum Gasteiger partial charge on any atom is 0.433 e. The van der Waals surface area contributed by atoms with Crippen LogP contribution in [0.3, 0.4) is 0 Å². The Morgan fingerprint density at radius 2 is 1.10 bits per heavy atom. The van der Waals surface area contributed by atoms with Crippen molar-refractivity contribution < 1.29 is 88.0 Å². The summed E-state index contributed by atoms with van der Waals surface area (Å²) in [7, 11) is 0. The topological polar surface area (TPSA) is 173 Å². The molecule has 428 valence electrons. The van der Waals surface area contributed by atoms with Gasteiger partial charge < -0.3 is 39.1 Å². The predicted molar refractivity (Wildman–Crippen MR) is 268 cm³/mol. The first-order valence-corrected chi connectivity index (χ1v) is 25.6. The fourth-order valence-corrected chi connectivity index (χ4v) is 9.13. The van der Waals surface area contributed by atoms with E-state index in [9.17, 15) is 63.8 Å². The molecule has 2 amide bonds. The van der Waals surface area contributed by atoms with E-state index in [1.807, 2.05) is 0 Å². The number of amides is 2. The Morgan fingerprint density at radius 1 is 0.649 bits per heavy atom. The van der Waals surface area contributed by atoms with E-state index in [0.29, 0.717) is 50.8 Å². The van der Waals surface area contributed by atoms with Gasteiger partial charge in [-0.2, -0.15) is 39.5 Å². The Labute approximate surface area is 442 Å². The molecule has 4 unspecified atom stereocenters. The van der Waals surface area contributed by atoms with E-state index in [-0.39, 0.29) is 46.1 Å². The summed E-state index contributed by atoms with van der Waals surface area (Å²) in [5, 5.41) is 20.0. The number of carbonyl (C=O) groups is 4. The second-order valence-corrected chi connectivity index (χ2v) is 20.9. The molecule has 23 heteroatoms. The van der Waals surface area contributed by atoms with Gasteiger partial charge in [0.2, 0.25) is 0 Å². The lowest BCUT2D eigenvalue weighted by Crippen LogP contribution is -3.11. The van der Waals surface area contributed by atoms with E-state index in [2.05, 4.69) is 30.7 Å². The first-order valence-electron chi connectivity index (χ1n) is 25.6. The Hall–Kier alpha value is -5.97. The third kappa shape index (κ3) is 17.8. The summed E-state index contributed by atoms with van der Waals surface area (Å²) in [6.07, 6.45) is -16.6. The van der Waals surface area contributed by atoms with Gasteiger partial charge in [-0.1, -0.05) is 24.3 Å². The number of aliphatic carboxylic acids is 1. The van der Waals surface area contributed by atoms with Crippen LogP contribution in [0.2, 0.25) is 0 Å². The number of aromatic nitrogens is 2. The Kier molecular flexibility index (Phi) is 21.6. The highest BCUT2D eigenvalue weighted by atomic mass is 19.4. The molecule has 0 saturated carbocycles. The highest BCUT2D eigenvalue weighted by Gasteiger charge is 2.43. The number of pyridine rings is 2. The highest BCUT2D eigenvalue weighted by Crippen LogP contribution is 2.43. The number of rotatable bonds is 11. The molecule has 2 fully saturated rings. The van der Waals surface area contributed by atoms with Crippen molar-refractivity contribution in [1.29, 1.82) is 0 Å². The second-order valence-electron chi connectivity index (χ2n) is 20.9. The number of aliphatic hydroxyl groups excluding tert-OH is 1. The van der Waals surface area contributed by atoms with Crippen molar-refractivity contribution >= 4 is 45.9 Å². The van der Waals surface area contributed by atoms with Crippen LogP contribution in [0.25, 0.3) is 21.8 Å². The number of nitrogens with one attached hydrogen (secondary N) is 1. The number of alkyl halides is 9. The van der Waals surface area contributed by atoms with Gasteiger partial charge in [0.15, 0.2) is 0 Å². The first-order chi connectivity index (χ1) is 35.6. The molecule has 77 heavy (non-hydrogen) atoms. The van der Waals surface area contributed by atoms with Crippen molar-refractivity contribution in [2.75, 3.05) is 32.7 Å². The average molecular weight is 1110 g/mol. The molecule has 2 aliphatic heterocycles. The van der Waals surface area contributed by atoms with Crippen molar-refractivity contribution in [3.63, 3.8) is 0 Å². The lowest BCUT2D eigenvalue weighted by atomic mass is 9.90. The normalized spacial score (nSPS) is 17.4. The number of carbonyl (C=O) groups excluding carboxylic acids is 3. The number of fused-ring (bicyclic) bond motifs is 2. The number of carboxylic acid groups (broad SMARTS) is 1. The molecular weight excluding hydrogens is 1030 g/mol. The lowest BCUT2D eigenvalue weighted by Gasteiger charge is -2.40. The van der Waals surface area contributed by atoms with Crippen LogP contribution in [0.1, 0.15) is 160 Å². The Balaban J connectivity index is 0.000000297. The summed E-state index contributed by atoms with van der Waals surface area (Å²) in [5.41, 5.74) is -6.52. The molecule has 4 heterocycles. The molecule has 2 aromatic heterocycles. The zero-order valence-corrected chi connectivity index (χ0v) is 45.1. The molecule has 4 aromatic rings. The summed E-state index contributed by atoms with van der Waals surface area (Å²) in [6.45, 7) is 22.6. The van der Waals surface area contributed by atoms with Crippen molar-refractivity contribution in [2.24, 2.45) is 0 Å². The summed E-state index contributed by atoms with van der Waals surface area (Å²) in [5.74, 6) is -2.03. The van der Waals surface area contributed by atoms with Crippen molar-refractivity contribution in [3.05, 3.63) is 82.2 Å². The summed E-state index contributed by atoms with van der Waals surface area (Å²) < 4.78 is 139. The number of ether oxygens (including phenoxy) is 3. The van der Waals surface area contributed by atoms with E-state index in [0.717, 1.165) is 12.1 Å². The number of hydrogen-bond donors (Lipinski definition) is 3. The molecular formula is C54H71F9N5O9+. The van der Waals surface area contributed by atoms with Gasteiger partial charge in [-0.3, -0.25) is 14.6 Å². The number of benzene rings is 2. The second kappa shape index (κ2) is 26.1. The molecule has 6 rings (SSSR count). The zero-order valence-electron chi connectivity index (χ0n) is 45.1. The minimum Gasteiger partial charge on any atom is -0.481 e. The summed E-state index contributed by atoms with van der Waals surface area (Å²) in [6, 6.07) is 6.88. The largest absolute Gasteiger partial charge is 0.481 e. The molecule has 0 bridgehead atoms. The SMILES string of the molecule is CC(C)(C)OC(=O)N1CCCCC1C(O)c1cc(C(F)(F)F)nc2c(C(F)(F)F)cccc12.CC[NH+](CC)CC.Cc1cc(C(OC(=O)CCC(=O)O)C2CCCCN2C(=O)OC(C)(C)C)c2cccc(C(F)(F)F)c2n1. The minimum absolute atomic E-state index is 0.131. The number of aliphatic hydroxyl groups is 1. The van der Waals surface area contributed by atoms with Gasteiger partial charge in [-0.15, -0.1) is 0 Å². The number of piperidine rings is 2. The van der Waals surface area contributed by atoms with Crippen LogP contribution in [0, 0.1) is 6.92 Å². The number of likely N-dealkylation sites (tertiary alicyclic amines) is 2. The maximum absolute atomic E-state index is 13.8. The van der Waals surface area contributed by atoms with Crippen LogP contribution in [0.4, 0.5) is 49.1 Å². The monoisotopic (exact) mass is 1100 g/mol. The fourth-order valence-electron chi connectivity index (χ4n) is 9.13. The molecule has 14 nitrogen and oxygen atoms in total. The van der Waals surface area contributed by atoms with Crippen molar-refractivity contribution in [1.82, 2.24) is 19.8 Å². The highest BCUT2D eigenvalue weighted by molar-refractivity contribution is 5.88. The van der Waals surface area contributed by atoms with Gasteiger partial charge in [0, 0.05) is 35.1 Å². The van der Waals surface area contributed by atoms with Crippen LogP contribution in [0.5, 0.6) is 0 Å². The lowest BCUT2D eigenvalue weighted by molar-refractivity contribution is -0.894. The Bertz CT molecular complexity index is 2660. The van der Waals surface area contributed by atoms with E-state index in [1.165, 1.54) is 54.6 Å². The van der Waals surface area contributed by atoms with Gasteiger partial charge in [0.05, 0.1) is 66.7 Å². The third-order valence-electron chi connectivity index (χ3n) is 12.8. The Morgan fingerprint density at radius 3 is 1.53 bits per heavy atom. The van der Waals surface area contributed by atoms with Crippen LogP contribution in [-0.2, 0) is 42.3 Å². The van der Waals surface area contributed by atoms with E-state index in [1.54, 1.807) is 52.5 Å². The smallest absolute Gasteiger partial charge is 0.433 e. The molecule has 2 aliphatic rings. The first kappa shape index (κ1) is 63.6. The number of halogens is 9. The number of nitrogens with zero attached hydrogens (tertiary/aromatic N) is 4. The number of quaternary nitrogens is 1. The average Bonchev–Trinajstić information content (AvgIpc) is 3.32. The third-order valence-corrected chi connectivity index (χ3v) is 12.8. The van der Waals surface area contributed by atoms with Gasteiger partial charge in [-0.05, 0) is 138 Å². The van der Waals surface area contributed by atoms with Crippen molar-refractivity contribution in [2.45, 2.75) is 175 Å². The number of aryl methyl sites for hydroxylation is 1. The van der Waals surface area contributed by atoms with Gasteiger partial charge in [0.25, 0.3) is 0 Å². The van der Waals surface area contributed by atoms with Gasteiger partial charge >= 0.3 is 42.7 Å². The fraction of sp³-hybridized carbons (Fsp3) is 0.593. The molecule has 0 radical (unpaired) electrons. The standard InChI is InChI=1S/C26H31F3N2O6.C22H24F6N2O3.C6H15N/c1-15-14-17(16-8-7-9-18(22(16)30-15)26(27,28)29)23(36-21(34)12-11-20(32)33)19-10-5-6-13-31(19)24(35)37-25(2,3)4;1-20(2,3)33-19(32)30-10-5-4-9-15(30)18(31)13-11-16(22(26,27)28)29-17-12(13)7-6-8-14(17)21(23,24)25;1-4-7(5-2)6-3/h7-9,14,19,23H,5-6,10-13H2,1-4H3,(H,32,33);6-8,11,15,18,31H,4-5,9-10H2,1-3H3;4-6H2,1-3H3/p+1. The number of carboxylic acids is 1. The zero-order chi connectivity index (χ0) is 58.0. The predicted octanol–water partition coefficient (Wildman–Crippen LogP) is 11.8. The van der Waals surface area contributed by atoms with E-state index in [4.69, 9.17) is 19.3 Å². The maximum atomic E-state index is 13.8. The van der Waals surface area contributed by atoms with Crippen LogP contribution < -0.4 is 4.90 Å². The van der Waals surface area contributed by atoms with E-state index >= 15 is 0 Å². The number of hydrogen-bond acceptors (Lipinski definition) is 10. The molecule has 3 N–H and O–H groups in total. The van der Waals surface area contributed by atoms with Gasteiger partial charge in [0.1, 0.15) is 29.1 Å². The number of esters is 1. The molecule has 4 atom stereocenters. The van der Waals surface area contributed by atoms with Gasteiger partial charge in [-0.25, -0.2) is 14.6 Å². The molecule has 0 spiro atoms. The number of para-hydroxylation sites is 2. The van der Waals surface area contributed by atoms with E-state index < -0.39 is 113 Å². The summed E-state index contributed by atoms with van der Waals surface area (Å²) >= 11 is 0. The van der Waals surface area contributed by atoms with Crippen molar-refractivity contribution in [3.8, 4) is 0 Å². The molecule has 0 aliphatic carbocycles. The van der Waals surface area contributed by atoms with Crippen LogP contribution in [-0.4, -0.2) is 110 Å².